The van der Waals surface area contributed by atoms with Crippen LogP contribution in [0.15, 0.2) is 71.7 Å². The molecule has 0 saturated heterocycles. The van der Waals surface area contributed by atoms with Crippen LogP contribution < -0.4 is 10.6 Å². The maximum Gasteiger partial charge on any atom is 0.268 e. The zero-order chi connectivity index (χ0) is 24.7. The van der Waals surface area contributed by atoms with Crippen LogP contribution in [0.3, 0.4) is 0 Å². The van der Waals surface area contributed by atoms with E-state index in [0.717, 1.165) is 40.0 Å². The maximum atomic E-state index is 13.2. The molecular weight excluding hydrogens is 448 g/mol. The zero-order valence-electron chi connectivity index (χ0n) is 20.1. The van der Waals surface area contributed by atoms with Crippen molar-refractivity contribution in [2.75, 3.05) is 6.54 Å². The molecule has 3 rings (SSSR count). The van der Waals surface area contributed by atoms with Gasteiger partial charge in [0, 0.05) is 23.2 Å². The molecule has 178 valence electrons. The van der Waals surface area contributed by atoms with Crippen LogP contribution in [0.4, 0.5) is 0 Å². The number of allylic oxidation sites excluding steroid dienone is 3. The van der Waals surface area contributed by atoms with Gasteiger partial charge in [-0.05, 0) is 56.0 Å². The van der Waals surface area contributed by atoms with Crippen molar-refractivity contribution >= 4 is 29.4 Å². The quantitative estimate of drug-likeness (QED) is 0.301. The van der Waals surface area contributed by atoms with Gasteiger partial charge in [0.25, 0.3) is 5.91 Å². The second-order valence-corrected chi connectivity index (χ2v) is 8.93. The van der Waals surface area contributed by atoms with E-state index in [-0.39, 0.29) is 11.8 Å². The number of carbonyl (C=O) groups is 2. The molecule has 0 aliphatic carbocycles. The van der Waals surface area contributed by atoms with Crippen LogP contribution in [0.25, 0.3) is 5.52 Å². The van der Waals surface area contributed by atoms with Crippen LogP contribution in [0.5, 0.6) is 0 Å². The van der Waals surface area contributed by atoms with Crippen molar-refractivity contribution in [1.82, 2.24) is 20.0 Å². The Balaban J connectivity index is 1.87. The Hall–Kier alpha value is -3.38. The molecule has 1 aromatic carbocycles. The third-order valence-corrected chi connectivity index (χ3v) is 6.15. The first-order valence-corrected chi connectivity index (χ1v) is 11.8. The second kappa shape index (κ2) is 11.7. The summed E-state index contributed by atoms with van der Waals surface area (Å²) >= 11 is 6.36. The van der Waals surface area contributed by atoms with Gasteiger partial charge in [-0.3, -0.25) is 14.0 Å². The highest BCUT2D eigenvalue weighted by atomic mass is 35.5. The van der Waals surface area contributed by atoms with Crippen LogP contribution in [-0.2, 0) is 11.2 Å². The molecule has 2 N–H and O–H groups in total. The summed E-state index contributed by atoms with van der Waals surface area (Å²) in [5.41, 5.74) is 6.12. The van der Waals surface area contributed by atoms with Gasteiger partial charge in [-0.15, -0.1) is 0 Å². The summed E-state index contributed by atoms with van der Waals surface area (Å²) in [6, 6.07) is 13.6. The van der Waals surface area contributed by atoms with Gasteiger partial charge in [-0.1, -0.05) is 61.4 Å². The number of benzene rings is 1. The van der Waals surface area contributed by atoms with E-state index in [1.807, 2.05) is 44.2 Å². The van der Waals surface area contributed by atoms with E-state index in [1.54, 1.807) is 16.8 Å². The average molecular weight is 479 g/mol. The van der Waals surface area contributed by atoms with Gasteiger partial charge in [-0.25, -0.2) is 4.98 Å². The SMILES string of the molecule is CCC(C)c1ncn2c(C(=O)NC/C(C)=C(/C=C(/C)NC=O)Cc3ccccc3)cc(Cl)cc12. The summed E-state index contributed by atoms with van der Waals surface area (Å²) in [5, 5.41) is 6.20. The molecule has 3 aromatic rings. The molecule has 0 spiro atoms. The van der Waals surface area contributed by atoms with Crippen molar-refractivity contribution in [2.45, 2.75) is 46.5 Å². The molecule has 34 heavy (non-hydrogen) atoms. The van der Waals surface area contributed by atoms with Crippen molar-refractivity contribution in [3.63, 3.8) is 0 Å². The fraction of sp³-hybridized carbons (Fsp3) is 0.296. The normalized spacial score (nSPS) is 13.4. The Morgan fingerprint density at radius 1 is 1.21 bits per heavy atom. The first-order valence-electron chi connectivity index (χ1n) is 11.4. The van der Waals surface area contributed by atoms with Gasteiger partial charge in [0.15, 0.2) is 0 Å². The molecule has 2 aromatic heterocycles. The number of imidazole rings is 1. The molecule has 2 amide bonds. The van der Waals surface area contributed by atoms with Crippen molar-refractivity contribution in [2.24, 2.45) is 0 Å². The lowest BCUT2D eigenvalue weighted by Crippen LogP contribution is -2.27. The molecule has 0 aliphatic heterocycles. The maximum absolute atomic E-state index is 13.2. The van der Waals surface area contributed by atoms with Gasteiger partial charge in [0.05, 0.1) is 11.2 Å². The molecule has 7 heteroatoms. The Morgan fingerprint density at radius 2 is 1.94 bits per heavy atom. The van der Waals surface area contributed by atoms with Crippen molar-refractivity contribution in [1.29, 1.82) is 0 Å². The van der Waals surface area contributed by atoms with Crippen LogP contribution in [0.2, 0.25) is 5.02 Å². The second-order valence-electron chi connectivity index (χ2n) is 8.49. The molecule has 0 saturated carbocycles. The number of rotatable bonds is 10. The molecule has 0 bridgehead atoms. The lowest BCUT2D eigenvalue weighted by Gasteiger charge is -2.13. The topological polar surface area (TPSA) is 75.5 Å². The highest BCUT2D eigenvalue weighted by molar-refractivity contribution is 6.31. The van der Waals surface area contributed by atoms with Gasteiger partial charge in [0.2, 0.25) is 6.41 Å². The van der Waals surface area contributed by atoms with E-state index < -0.39 is 0 Å². The molecule has 0 aliphatic rings. The van der Waals surface area contributed by atoms with Crippen molar-refractivity contribution in [3.8, 4) is 0 Å². The predicted octanol–water partition coefficient (Wildman–Crippen LogP) is 5.44. The number of carbonyl (C=O) groups excluding carboxylic acids is 2. The number of fused-ring (bicyclic) bond motifs is 1. The molecule has 2 heterocycles. The summed E-state index contributed by atoms with van der Waals surface area (Å²) in [5.74, 6) is 0.0332. The standard InChI is InChI=1S/C27H31ClN4O2/c1-5-18(2)26-24-13-23(28)14-25(32(24)16-30-26)27(34)29-15-19(3)22(11-20(4)31-17-33)12-21-9-7-6-8-10-21/h6-11,13-14,16-18H,5,12,15H2,1-4H3,(H,29,34)(H,31,33)/b20-11-,22-19-. The van der Waals surface area contributed by atoms with Gasteiger partial charge in [-0.2, -0.15) is 0 Å². The molecule has 0 fully saturated rings. The molecule has 1 atom stereocenters. The minimum absolute atomic E-state index is 0.231. The minimum Gasteiger partial charge on any atom is -0.347 e. The average Bonchev–Trinajstić information content (AvgIpc) is 3.25. The zero-order valence-corrected chi connectivity index (χ0v) is 20.8. The fourth-order valence-electron chi connectivity index (χ4n) is 3.78. The fourth-order valence-corrected chi connectivity index (χ4v) is 3.99. The number of amides is 2. The third-order valence-electron chi connectivity index (χ3n) is 5.93. The number of pyridine rings is 1. The first-order chi connectivity index (χ1) is 16.3. The van der Waals surface area contributed by atoms with E-state index in [2.05, 4.69) is 41.6 Å². The Kier molecular flexibility index (Phi) is 8.66. The number of nitrogens with zero attached hydrogens (tertiary/aromatic N) is 2. The van der Waals surface area contributed by atoms with E-state index in [1.165, 1.54) is 0 Å². The monoisotopic (exact) mass is 478 g/mol. The largest absolute Gasteiger partial charge is 0.347 e. The highest BCUT2D eigenvalue weighted by Crippen LogP contribution is 2.26. The number of hydrogen-bond donors (Lipinski definition) is 2. The number of aromatic nitrogens is 2. The molecule has 6 nitrogen and oxygen atoms in total. The van der Waals surface area contributed by atoms with Gasteiger partial charge < -0.3 is 10.6 Å². The van der Waals surface area contributed by atoms with Crippen LogP contribution in [0, 0.1) is 0 Å². The lowest BCUT2D eigenvalue weighted by molar-refractivity contribution is -0.108. The van der Waals surface area contributed by atoms with E-state index >= 15 is 0 Å². The smallest absolute Gasteiger partial charge is 0.268 e. The van der Waals surface area contributed by atoms with Crippen LogP contribution in [-0.4, -0.2) is 28.2 Å². The number of halogens is 1. The third kappa shape index (κ3) is 6.14. The summed E-state index contributed by atoms with van der Waals surface area (Å²) in [7, 11) is 0. The lowest BCUT2D eigenvalue weighted by atomic mass is 9.99. The van der Waals surface area contributed by atoms with E-state index in [9.17, 15) is 9.59 Å². The molecular formula is C27H31ClN4O2. The van der Waals surface area contributed by atoms with E-state index in [4.69, 9.17) is 11.6 Å². The summed E-state index contributed by atoms with van der Waals surface area (Å²) in [6.07, 6.45) is 5.91. The van der Waals surface area contributed by atoms with Crippen molar-refractivity contribution < 1.29 is 9.59 Å². The highest BCUT2D eigenvalue weighted by Gasteiger charge is 2.17. The number of hydrogen-bond acceptors (Lipinski definition) is 3. The Labute approximate surface area is 205 Å². The summed E-state index contributed by atoms with van der Waals surface area (Å²) in [4.78, 5) is 28.5. The summed E-state index contributed by atoms with van der Waals surface area (Å²) < 4.78 is 1.80. The first kappa shape index (κ1) is 25.2. The van der Waals surface area contributed by atoms with E-state index in [0.29, 0.717) is 30.1 Å². The Bertz CT molecular complexity index is 1230. The molecule has 0 radical (unpaired) electrons. The van der Waals surface area contributed by atoms with Gasteiger partial charge in [0.1, 0.15) is 12.0 Å². The van der Waals surface area contributed by atoms with Crippen LogP contribution in [0.1, 0.15) is 61.8 Å². The Morgan fingerprint density at radius 3 is 2.62 bits per heavy atom. The summed E-state index contributed by atoms with van der Waals surface area (Å²) in [6.45, 7) is 8.39. The van der Waals surface area contributed by atoms with Crippen molar-refractivity contribution in [3.05, 3.63) is 93.7 Å². The number of nitrogens with one attached hydrogen (secondary N) is 2. The minimum atomic E-state index is -0.231. The van der Waals surface area contributed by atoms with Crippen LogP contribution >= 0.6 is 11.6 Å². The predicted molar refractivity (Wildman–Crippen MR) is 137 cm³/mol. The van der Waals surface area contributed by atoms with Gasteiger partial charge >= 0.3 is 0 Å². The molecule has 1 unspecified atom stereocenters.